The summed E-state index contributed by atoms with van der Waals surface area (Å²) in [5.74, 6) is 0.0936. The van der Waals surface area contributed by atoms with Crippen LogP contribution in [0.2, 0.25) is 0 Å². The maximum atomic E-state index is 12.1. The molecule has 1 unspecified atom stereocenters. The topological polar surface area (TPSA) is 121 Å². The monoisotopic (exact) mass is 440 g/mol. The highest BCUT2D eigenvalue weighted by atomic mass is 32.2. The zero-order valence-electron chi connectivity index (χ0n) is 17.3. The minimum atomic E-state index is -3.68. The number of hydrogen-bond acceptors (Lipinski definition) is 5. The van der Waals surface area contributed by atoms with E-state index in [1.54, 1.807) is 19.1 Å². The third-order valence-electron chi connectivity index (χ3n) is 5.43. The lowest BCUT2D eigenvalue weighted by molar-refractivity contribution is -0.121. The Bertz CT molecular complexity index is 1250. The minimum absolute atomic E-state index is 0.0741. The number of sulfonamides is 1. The van der Waals surface area contributed by atoms with E-state index in [9.17, 15) is 18.0 Å². The maximum absolute atomic E-state index is 12.1. The fourth-order valence-corrected chi connectivity index (χ4v) is 5.20. The third kappa shape index (κ3) is 4.46. The van der Waals surface area contributed by atoms with Gasteiger partial charge in [-0.1, -0.05) is 37.3 Å². The van der Waals surface area contributed by atoms with Crippen molar-refractivity contribution in [2.75, 3.05) is 0 Å². The van der Waals surface area contributed by atoms with Gasteiger partial charge in [0.2, 0.25) is 21.8 Å². The number of amides is 2. The van der Waals surface area contributed by atoms with Gasteiger partial charge in [-0.15, -0.1) is 0 Å². The van der Waals surface area contributed by atoms with E-state index in [2.05, 4.69) is 15.3 Å². The quantitative estimate of drug-likeness (QED) is 0.544. The van der Waals surface area contributed by atoms with Crippen LogP contribution in [0.15, 0.2) is 42.5 Å². The van der Waals surface area contributed by atoms with Crippen LogP contribution >= 0.6 is 0 Å². The van der Waals surface area contributed by atoms with Crippen molar-refractivity contribution in [1.82, 2.24) is 20.0 Å². The summed E-state index contributed by atoms with van der Waals surface area (Å²) < 4.78 is 26.2. The van der Waals surface area contributed by atoms with E-state index >= 15 is 0 Å². The molecule has 0 bridgehead atoms. The SMILES string of the molecule is CCC(=O)N[C@@H](Cc1ccc(C2CC(=O)NS2(=O)=O)cc1)c1nc2ccc(C)cc2[nH]1. The number of benzene rings is 2. The molecule has 0 saturated carbocycles. The van der Waals surface area contributed by atoms with E-state index < -0.39 is 21.2 Å². The van der Waals surface area contributed by atoms with Crippen molar-refractivity contribution in [2.45, 2.75) is 44.4 Å². The Morgan fingerprint density at radius 2 is 1.97 bits per heavy atom. The molecule has 2 amide bonds. The van der Waals surface area contributed by atoms with Gasteiger partial charge in [-0.2, -0.15) is 0 Å². The summed E-state index contributed by atoms with van der Waals surface area (Å²) in [6.45, 7) is 3.80. The number of nitrogens with zero attached hydrogens (tertiary/aromatic N) is 1. The smallest absolute Gasteiger partial charge is 0.242 e. The molecular formula is C22H24N4O4S. The van der Waals surface area contributed by atoms with Crippen LogP contribution in [0.25, 0.3) is 11.0 Å². The normalized spacial score (nSPS) is 18.6. The van der Waals surface area contributed by atoms with Crippen LogP contribution in [0, 0.1) is 6.92 Å². The largest absolute Gasteiger partial charge is 0.346 e. The molecule has 3 aromatic rings. The van der Waals surface area contributed by atoms with Crippen LogP contribution in [-0.4, -0.2) is 30.2 Å². The average Bonchev–Trinajstić information content (AvgIpc) is 3.26. The number of aryl methyl sites for hydroxylation is 1. The molecule has 1 aliphatic rings. The Hall–Kier alpha value is -3.20. The number of hydrogen-bond donors (Lipinski definition) is 3. The lowest BCUT2D eigenvalue weighted by atomic mass is 10.0. The Morgan fingerprint density at radius 1 is 1.23 bits per heavy atom. The van der Waals surface area contributed by atoms with Gasteiger partial charge in [-0.05, 0) is 42.2 Å². The predicted octanol–water partition coefficient (Wildman–Crippen LogP) is 2.57. The van der Waals surface area contributed by atoms with Crippen molar-refractivity contribution in [3.8, 4) is 0 Å². The van der Waals surface area contributed by atoms with Gasteiger partial charge in [0.05, 0.1) is 23.5 Å². The van der Waals surface area contributed by atoms with Crippen LogP contribution in [0.4, 0.5) is 0 Å². The number of carbonyl (C=O) groups is 2. The molecule has 1 aromatic heterocycles. The van der Waals surface area contributed by atoms with E-state index in [-0.39, 0.29) is 18.4 Å². The second-order valence-corrected chi connectivity index (χ2v) is 9.69. The molecule has 2 aromatic carbocycles. The van der Waals surface area contributed by atoms with E-state index in [0.29, 0.717) is 24.2 Å². The van der Waals surface area contributed by atoms with E-state index in [1.165, 1.54) is 0 Å². The number of H-pyrrole nitrogens is 1. The number of aromatic nitrogens is 2. The van der Waals surface area contributed by atoms with E-state index in [4.69, 9.17) is 0 Å². The first-order chi connectivity index (χ1) is 14.7. The predicted molar refractivity (Wildman–Crippen MR) is 117 cm³/mol. The molecule has 1 aliphatic heterocycles. The third-order valence-corrected chi connectivity index (χ3v) is 7.14. The highest BCUT2D eigenvalue weighted by Crippen LogP contribution is 2.30. The van der Waals surface area contributed by atoms with Crippen molar-refractivity contribution in [3.63, 3.8) is 0 Å². The number of rotatable bonds is 6. The molecule has 2 atom stereocenters. The minimum Gasteiger partial charge on any atom is -0.346 e. The number of aromatic amines is 1. The van der Waals surface area contributed by atoms with Crippen molar-refractivity contribution >= 4 is 32.9 Å². The van der Waals surface area contributed by atoms with Gasteiger partial charge < -0.3 is 10.3 Å². The number of fused-ring (bicyclic) bond motifs is 1. The second-order valence-electron chi connectivity index (χ2n) is 7.83. The molecule has 0 spiro atoms. The first-order valence-corrected chi connectivity index (χ1v) is 11.7. The molecule has 162 valence electrons. The first kappa shape index (κ1) is 21.0. The van der Waals surface area contributed by atoms with Crippen molar-refractivity contribution in [1.29, 1.82) is 0 Å². The van der Waals surface area contributed by atoms with Crippen LogP contribution < -0.4 is 10.0 Å². The summed E-state index contributed by atoms with van der Waals surface area (Å²) in [5.41, 5.74) is 4.33. The summed E-state index contributed by atoms with van der Waals surface area (Å²) in [6.07, 6.45) is 0.768. The fraction of sp³-hybridized carbons (Fsp3) is 0.318. The molecule has 31 heavy (non-hydrogen) atoms. The molecule has 1 fully saturated rings. The highest BCUT2D eigenvalue weighted by molar-refractivity contribution is 7.90. The van der Waals surface area contributed by atoms with Gasteiger partial charge in [0, 0.05) is 6.42 Å². The van der Waals surface area contributed by atoms with Crippen LogP contribution in [0.1, 0.15) is 53.6 Å². The lowest BCUT2D eigenvalue weighted by Crippen LogP contribution is -2.30. The molecule has 0 radical (unpaired) electrons. The van der Waals surface area contributed by atoms with Gasteiger partial charge in [-0.3, -0.25) is 14.3 Å². The molecule has 0 aliphatic carbocycles. The Morgan fingerprint density at radius 3 is 2.61 bits per heavy atom. The summed E-state index contributed by atoms with van der Waals surface area (Å²) >= 11 is 0. The molecule has 2 heterocycles. The summed E-state index contributed by atoms with van der Waals surface area (Å²) in [5, 5.41) is 2.14. The van der Waals surface area contributed by atoms with Crippen LogP contribution in [-0.2, 0) is 26.0 Å². The van der Waals surface area contributed by atoms with Gasteiger partial charge in [-0.25, -0.2) is 13.4 Å². The number of nitrogens with one attached hydrogen (secondary N) is 3. The standard InChI is InChI=1S/C22H24N4O4S/c1-3-20(27)23-18(22-24-16-9-4-13(2)10-17(16)25-22)11-14-5-7-15(8-6-14)19-12-21(28)26-31(19,29)30/h4-10,18-19H,3,11-12H2,1-2H3,(H,23,27)(H,24,25)(H,26,28)/t18-,19?/m0/s1. The summed E-state index contributed by atoms with van der Waals surface area (Å²) in [4.78, 5) is 31.6. The average molecular weight is 441 g/mol. The summed E-state index contributed by atoms with van der Waals surface area (Å²) in [6, 6.07) is 12.7. The highest BCUT2D eigenvalue weighted by Gasteiger charge is 2.37. The van der Waals surface area contributed by atoms with Gasteiger partial charge >= 0.3 is 0 Å². The van der Waals surface area contributed by atoms with Crippen LogP contribution in [0.3, 0.4) is 0 Å². The molecule has 8 nitrogen and oxygen atoms in total. The Balaban J connectivity index is 1.59. The first-order valence-electron chi connectivity index (χ1n) is 10.1. The number of imidazole rings is 1. The molecular weight excluding hydrogens is 416 g/mol. The molecule has 1 saturated heterocycles. The van der Waals surface area contributed by atoms with Crippen LogP contribution in [0.5, 0.6) is 0 Å². The van der Waals surface area contributed by atoms with Crippen molar-refractivity contribution in [3.05, 3.63) is 65.0 Å². The summed E-state index contributed by atoms with van der Waals surface area (Å²) in [7, 11) is -3.68. The zero-order chi connectivity index (χ0) is 22.2. The van der Waals surface area contributed by atoms with Crippen molar-refractivity contribution < 1.29 is 18.0 Å². The van der Waals surface area contributed by atoms with E-state index in [0.717, 1.165) is 22.2 Å². The van der Waals surface area contributed by atoms with Gasteiger partial charge in [0.1, 0.15) is 11.1 Å². The number of carbonyl (C=O) groups excluding carboxylic acids is 2. The molecule has 4 rings (SSSR count). The fourth-order valence-electron chi connectivity index (χ4n) is 3.77. The second kappa shape index (κ2) is 8.14. The maximum Gasteiger partial charge on any atom is 0.242 e. The van der Waals surface area contributed by atoms with Gasteiger partial charge in [0.15, 0.2) is 0 Å². The molecule has 9 heteroatoms. The zero-order valence-corrected chi connectivity index (χ0v) is 18.1. The van der Waals surface area contributed by atoms with Crippen molar-refractivity contribution in [2.24, 2.45) is 0 Å². The van der Waals surface area contributed by atoms with E-state index in [1.807, 2.05) is 42.0 Å². The Kier molecular flexibility index (Phi) is 5.53. The molecule has 3 N–H and O–H groups in total. The lowest BCUT2D eigenvalue weighted by Gasteiger charge is -2.17. The Labute approximate surface area is 180 Å². The van der Waals surface area contributed by atoms with Gasteiger partial charge in [0.25, 0.3) is 0 Å².